The van der Waals surface area contributed by atoms with E-state index in [1.165, 1.54) is 5.56 Å². The molecule has 1 heterocycles. The van der Waals surface area contributed by atoms with Crippen molar-refractivity contribution in [2.75, 3.05) is 12.4 Å². The number of nitrogens with one attached hydrogen (secondary N) is 1. The van der Waals surface area contributed by atoms with Crippen LogP contribution in [0.5, 0.6) is 11.5 Å². The second-order valence-electron chi connectivity index (χ2n) is 5.53. The topological polar surface area (TPSA) is 53.8 Å². The summed E-state index contributed by atoms with van der Waals surface area (Å²) in [7, 11) is 1.58. The van der Waals surface area contributed by atoms with Gasteiger partial charge in [0.2, 0.25) is 0 Å². The van der Waals surface area contributed by atoms with E-state index in [0.717, 1.165) is 18.7 Å². The maximum absolute atomic E-state index is 10.1. The average molecular weight is 308 g/mol. The summed E-state index contributed by atoms with van der Waals surface area (Å²) in [5.41, 5.74) is 1.92. The Morgan fingerprint density at radius 1 is 1.22 bits per heavy atom. The lowest BCUT2D eigenvalue weighted by Crippen LogP contribution is -2.26. The van der Waals surface area contributed by atoms with Gasteiger partial charge in [0, 0.05) is 18.2 Å². The van der Waals surface area contributed by atoms with Gasteiger partial charge in [-0.3, -0.25) is 0 Å². The predicted molar refractivity (Wildman–Crippen MR) is 93.1 cm³/mol. The molecule has 1 atom stereocenters. The Labute approximate surface area is 136 Å². The second-order valence-corrected chi connectivity index (χ2v) is 5.53. The quantitative estimate of drug-likeness (QED) is 0.840. The fourth-order valence-electron chi connectivity index (χ4n) is 2.67. The number of ether oxygens (including phenoxy) is 1. The molecule has 1 unspecified atom stereocenters. The maximum Gasteiger partial charge on any atom is 0.142 e. The van der Waals surface area contributed by atoms with Gasteiger partial charge in [0.1, 0.15) is 17.3 Å². The van der Waals surface area contributed by atoms with Gasteiger partial charge in [-0.15, -0.1) is 0 Å². The second kappa shape index (κ2) is 7.01. The number of aliphatic imine (C=N–C) groups is 1. The first-order valence-electron chi connectivity index (χ1n) is 7.67. The Kier molecular flexibility index (Phi) is 4.62. The van der Waals surface area contributed by atoms with Crippen LogP contribution in [0.2, 0.25) is 0 Å². The number of allylic oxidation sites excluding steroid dienone is 1. The highest BCUT2D eigenvalue weighted by molar-refractivity contribution is 5.99. The van der Waals surface area contributed by atoms with Gasteiger partial charge in [0.25, 0.3) is 0 Å². The third-order valence-electron chi connectivity index (χ3n) is 3.92. The smallest absolute Gasteiger partial charge is 0.142 e. The highest BCUT2D eigenvalue weighted by Gasteiger charge is 2.19. The van der Waals surface area contributed by atoms with Crippen molar-refractivity contribution in [3.63, 3.8) is 0 Å². The average Bonchev–Trinajstić information content (AvgIpc) is 2.59. The minimum absolute atomic E-state index is 0.153. The lowest BCUT2D eigenvalue weighted by Gasteiger charge is -2.22. The molecular weight excluding hydrogens is 288 g/mol. The van der Waals surface area contributed by atoms with Gasteiger partial charge in [0.05, 0.1) is 12.8 Å². The van der Waals surface area contributed by atoms with Gasteiger partial charge >= 0.3 is 0 Å². The van der Waals surface area contributed by atoms with E-state index in [9.17, 15) is 5.11 Å². The molecule has 2 N–H and O–H groups in total. The summed E-state index contributed by atoms with van der Waals surface area (Å²) in [6.45, 7) is 0. The number of methoxy groups -OCH3 is 1. The molecule has 0 saturated heterocycles. The number of anilines is 1. The molecular formula is C19H20N2O2. The first-order valence-corrected chi connectivity index (χ1v) is 7.67. The van der Waals surface area contributed by atoms with Crippen LogP contribution in [0, 0.1) is 5.92 Å². The zero-order valence-corrected chi connectivity index (χ0v) is 13.1. The fourth-order valence-corrected chi connectivity index (χ4v) is 2.67. The highest BCUT2D eigenvalue weighted by atomic mass is 16.5. The molecule has 4 nitrogen and oxygen atoms in total. The van der Waals surface area contributed by atoms with Gasteiger partial charge in [-0.25, -0.2) is 4.99 Å². The summed E-state index contributed by atoms with van der Waals surface area (Å²) in [6.07, 6.45) is 5.72. The number of nitrogens with zero attached hydrogens (tertiary/aromatic N) is 1. The van der Waals surface area contributed by atoms with Crippen molar-refractivity contribution < 1.29 is 9.84 Å². The lowest BCUT2D eigenvalue weighted by atomic mass is 9.93. The number of aromatic hydroxyl groups is 1. The van der Waals surface area contributed by atoms with Crippen LogP contribution in [0.3, 0.4) is 0 Å². The van der Waals surface area contributed by atoms with Crippen LogP contribution < -0.4 is 10.1 Å². The first kappa shape index (κ1) is 15.2. The Bertz CT molecular complexity index is 723. The minimum Gasteiger partial charge on any atom is -0.506 e. The molecule has 118 valence electrons. The Hall–Kier alpha value is -2.75. The standard InChI is InChI=1S/C19H20N2O2/c1-23-16-9-10-17(18(22)13-16)21-19-15(8-5-11-20-19)12-14-6-3-2-4-7-14/h2-7,9-11,13,15,22H,8,12H2,1H3,(H,20,21). The SMILES string of the molecule is COc1ccc(NC2=NC=CCC2Cc2ccccc2)c(O)c1. The molecule has 0 aliphatic carbocycles. The molecule has 1 aliphatic heterocycles. The van der Waals surface area contributed by atoms with Crippen LogP contribution in [0.4, 0.5) is 5.69 Å². The first-order chi connectivity index (χ1) is 11.3. The number of hydrogen-bond donors (Lipinski definition) is 2. The number of amidine groups is 1. The Morgan fingerprint density at radius 3 is 2.78 bits per heavy atom. The van der Waals surface area contributed by atoms with E-state index in [4.69, 9.17) is 4.74 Å². The van der Waals surface area contributed by atoms with Crippen LogP contribution in [0.15, 0.2) is 65.8 Å². The van der Waals surface area contributed by atoms with E-state index < -0.39 is 0 Å². The molecule has 3 rings (SSSR count). The number of rotatable bonds is 4. The van der Waals surface area contributed by atoms with Crippen molar-refractivity contribution in [2.45, 2.75) is 12.8 Å². The highest BCUT2D eigenvalue weighted by Crippen LogP contribution is 2.29. The Morgan fingerprint density at radius 2 is 2.04 bits per heavy atom. The molecule has 0 amide bonds. The van der Waals surface area contributed by atoms with Crippen LogP contribution in [0.1, 0.15) is 12.0 Å². The maximum atomic E-state index is 10.1. The van der Waals surface area contributed by atoms with Gasteiger partial charge in [-0.05, 0) is 30.5 Å². The summed E-state index contributed by atoms with van der Waals surface area (Å²) < 4.78 is 5.11. The Balaban J connectivity index is 1.77. The zero-order chi connectivity index (χ0) is 16.1. The van der Waals surface area contributed by atoms with E-state index in [1.54, 1.807) is 19.2 Å². The molecule has 1 aliphatic rings. The third kappa shape index (κ3) is 3.72. The lowest BCUT2D eigenvalue weighted by molar-refractivity contribution is 0.408. The number of phenols is 1. The zero-order valence-electron chi connectivity index (χ0n) is 13.1. The summed E-state index contributed by atoms with van der Waals surface area (Å²) in [6, 6.07) is 15.6. The summed E-state index contributed by atoms with van der Waals surface area (Å²) >= 11 is 0. The summed E-state index contributed by atoms with van der Waals surface area (Å²) in [5.74, 6) is 1.92. The summed E-state index contributed by atoms with van der Waals surface area (Å²) in [4.78, 5) is 4.47. The third-order valence-corrected chi connectivity index (χ3v) is 3.92. The molecule has 0 spiro atoms. The van der Waals surface area contributed by atoms with Gasteiger partial charge in [0.15, 0.2) is 0 Å². The predicted octanol–water partition coefficient (Wildman–Crippen LogP) is 3.99. The molecule has 2 aromatic rings. The van der Waals surface area contributed by atoms with Crippen molar-refractivity contribution in [1.29, 1.82) is 0 Å². The molecule has 0 bridgehead atoms. The summed E-state index contributed by atoms with van der Waals surface area (Å²) in [5, 5.41) is 13.4. The van der Waals surface area contributed by atoms with E-state index in [2.05, 4.69) is 28.5 Å². The van der Waals surface area contributed by atoms with Gasteiger partial charge in [-0.2, -0.15) is 0 Å². The molecule has 0 fully saturated rings. The monoisotopic (exact) mass is 308 g/mol. The van der Waals surface area contributed by atoms with E-state index in [0.29, 0.717) is 11.4 Å². The minimum atomic E-state index is 0.153. The fraction of sp³-hybridized carbons (Fsp3) is 0.211. The molecule has 4 heteroatoms. The van der Waals surface area contributed by atoms with Crippen LogP contribution >= 0.6 is 0 Å². The van der Waals surface area contributed by atoms with Crippen molar-refractivity contribution in [3.05, 3.63) is 66.4 Å². The molecule has 0 radical (unpaired) electrons. The van der Waals surface area contributed by atoms with Crippen LogP contribution in [0.25, 0.3) is 0 Å². The van der Waals surface area contributed by atoms with Crippen molar-refractivity contribution in [1.82, 2.24) is 0 Å². The van der Waals surface area contributed by atoms with Crippen LogP contribution in [-0.4, -0.2) is 18.1 Å². The van der Waals surface area contributed by atoms with E-state index in [-0.39, 0.29) is 11.7 Å². The number of benzene rings is 2. The van der Waals surface area contributed by atoms with Gasteiger partial charge in [-0.1, -0.05) is 36.4 Å². The van der Waals surface area contributed by atoms with Crippen LogP contribution in [-0.2, 0) is 6.42 Å². The molecule has 2 aromatic carbocycles. The normalized spacial score (nSPS) is 16.7. The van der Waals surface area contributed by atoms with Crippen molar-refractivity contribution in [3.8, 4) is 11.5 Å². The van der Waals surface area contributed by atoms with E-state index >= 15 is 0 Å². The number of hydrogen-bond acceptors (Lipinski definition) is 4. The van der Waals surface area contributed by atoms with Crippen molar-refractivity contribution >= 4 is 11.5 Å². The van der Waals surface area contributed by atoms with E-state index in [1.807, 2.05) is 30.5 Å². The number of phenolic OH excluding ortho intramolecular Hbond substituents is 1. The van der Waals surface area contributed by atoms with Crippen molar-refractivity contribution in [2.24, 2.45) is 10.9 Å². The molecule has 0 aromatic heterocycles. The molecule has 0 saturated carbocycles. The van der Waals surface area contributed by atoms with Gasteiger partial charge < -0.3 is 15.2 Å². The molecule has 23 heavy (non-hydrogen) atoms. The largest absolute Gasteiger partial charge is 0.506 e.